The summed E-state index contributed by atoms with van der Waals surface area (Å²) in [6.45, 7) is 2.43. The van der Waals surface area contributed by atoms with E-state index in [0.29, 0.717) is 18.1 Å². The lowest BCUT2D eigenvalue weighted by Crippen LogP contribution is -2.36. The van der Waals surface area contributed by atoms with E-state index in [1.165, 1.54) is 25.7 Å². The molecule has 2 rings (SSSR count). The molecule has 0 radical (unpaired) electrons. The lowest BCUT2D eigenvalue weighted by Gasteiger charge is -2.32. The molecule has 3 unspecified atom stereocenters. The average molecular weight is 199 g/mol. The van der Waals surface area contributed by atoms with Crippen LogP contribution in [0.2, 0.25) is 0 Å². The zero-order valence-corrected chi connectivity index (χ0v) is 8.78. The van der Waals surface area contributed by atoms with Crippen LogP contribution in [0.4, 0.5) is 0 Å². The Bertz CT molecular complexity index is 169. The van der Waals surface area contributed by atoms with Crippen LogP contribution < -0.4 is 5.73 Å². The maximum absolute atomic E-state index is 6.05. The molecule has 0 aromatic heterocycles. The number of ether oxygens (including phenoxy) is 2. The minimum Gasteiger partial charge on any atom is -0.379 e. The van der Waals surface area contributed by atoms with Crippen molar-refractivity contribution in [2.45, 2.75) is 44.3 Å². The molecule has 82 valence electrons. The quantitative estimate of drug-likeness (QED) is 0.745. The zero-order valence-electron chi connectivity index (χ0n) is 8.78. The van der Waals surface area contributed by atoms with Gasteiger partial charge in [-0.15, -0.1) is 0 Å². The maximum atomic E-state index is 6.05. The highest BCUT2D eigenvalue weighted by Crippen LogP contribution is 2.28. The summed E-state index contributed by atoms with van der Waals surface area (Å²) in [7, 11) is 0. The summed E-state index contributed by atoms with van der Waals surface area (Å²) in [4.78, 5) is 0. The van der Waals surface area contributed by atoms with Gasteiger partial charge in [-0.1, -0.05) is 12.8 Å². The normalized spacial score (nSPS) is 38.8. The topological polar surface area (TPSA) is 44.5 Å². The van der Waals surface area contributed by atoms with Gasteiger partial charge >= 0.3 is 0 Å². The van der Waals surface area contributed by atoms with Gasteiger partial charge in [-0.25, -0.2) is 0 Å². The van der Waals surface area contributed by atoms with Crippen LogP contribution in [0.15, 0.2) is 0 Å². The summed E-state index contributed by atoms with van der Waals surface area (Å²) in [5.74, 6) is 0.587. The number of nitrogens with two attached hydrogens (primary N) is 1. The second kappa shape index (κ2) is 5.10. The van der Waals surface area contributed by atoms with Crippen molar-refractivity contribution in [1.29, 1.82) is 0 Å². The van der Waals surface area contributed by atoms with Crippen molar-refractivity contribution in [1.82, 2.24) is 0 Å². The van der Waals surface area contributed by atoms with Crippen molar-refractivity contribution in [3.63, 3.8) is 0 Å². The maximum Gasteiger partial charge on any atom is 0.0834 e. The van der Waals surface area contributed by atoms with Crippen LogP contribution in [0.1, 0.15) is 32.1 Å². The fraction of sp³-hybridized carbons (Fsp3) is 1.00. The van der Waals surface area contributed by atoms with Crippen LogP contribution in [-0.2, 0) is 9.47 Å². The molecule has 1 aliphatic heterocycles. The highest BCUT2D eigenvalue weighted by molar-refractivity contribution is 4.78. The molecule has 0 amide bonds. The van der Waals surface area contributed by atoms with E-state index in [1.54, 1.807) is 0 Å². The van der Waals surface area contributed by atoms with E-state index in [2.05, 4.69) is 0 Å². The van der Waals surface area contributed by atoms with Gasteiger partial charge in [0.05, 0.1) is 18.8 Å². The third-order valence-electron chi connectivity index (χ3n) is 3.40. The molecule has 2 fully saturated rings. The van der Waals surface area contributed by atoms with Crippen LogP contribution in [0.3, 0.4) is 0 Å². The van der Waals surface area contributed by atoms with Crippen LogP contribution in [-0.4, -0.2) is 32.0 Å². The molecule has 3 atom stereocenters. The monoisotopic (exact) mass is 199 g/mol. The SMILES string of the molecule is NCC1CCCCC1OC1CCOC1. The largest absolute Gasteiger partial charge is 0.379 e. The molecule has 3 nitrogen and oxygen atoms in total. The predicted octanol–water partition coefficient (Wildman–Crippen LogP) is 1.31. The molecule has 1 heterocycles. The standard InChI is InChI=1S/C11H21NO2/c12-7-9-3-1-2-4-11(9)14-10-5-6-13-8-10/h9-11H,1-8,12H2. The van der Waals surface area contributed by atoms with Gasteiger partial charge in [0.15, 0.2) is 0 Å². The van der Waals surface area contributed by atoms with Crippen molar-refractivity contribution in [3.05, 3.63) is 0 Å². The predicted molar refractivity (Wildman–Crippen MR) is 55.1 cm³/mol. The molecule has 0 aromatic carbocycles. The Morgan fingerprint density at radius 1 is 1.21 bits per heavy atom. The van der Waals surface area contributed by atoms with Gasteiger partial charge in [-0.3, -0.25) is 0 Å². The Morgan fingerprint density at radius 2 is 2.07 bits per heavy atom. The average Bonchev–Trinajstić information content (AvgIpc) is 2.71. The van der Waals surface area contributed by atoms with Crippen LogP contribution in [0.25, 0.3) is 0 Å². The molecule has 14 heavy (non-hydrogen) atoms. The summed E-state index contributed by atoms with van der Waals surface area (Å²) in [6.07, 6.45) is 6.87. The second-order valence-corrected chi connectivity index (χ2v) is 4.44. The minimum absolute atomic E-state index is 0.340. The number of rotatable bonds is 3. The van der Waals surface area contributed by atoms with Crippen molar-refractivity contribution in [2.75, 3.05) is 19.8 Å². The van der Waals surface area contributed by atoms with Crippen molar-refractivity contribution >= 4 is 0 Å². The molecule has 0 spiro atoms. The second-order valence-electron chi connectivity index (χ2n) is 4.44. The molecule has 0 bridgehead atoms. The van der Waals surface area contributed by atoms with Crippen molar-refractivity contribution in [2.24, 2.45) is 11.7 Å². The van der Waals surface area contributed by atoms with Gasteiger partial charge in [0.25, 0.3) is 0 Å². The van der Waals surface area contributed by atoms with Crippen molar-refractivity contribution < 1.29 is 9.47 Å². The zero-order chi connectivity index (χ0) is 9.80. The lowest BCUT2D eigenvalue weighted by molar-refractivity contribution is -0.0585. The molecular weight excluding hydrogens is 178 g/mol. The fourth-order valence-electron chi connectivity index (χ4n) is 2.49. The third-order valence-corrected chi connectivity index (χ3v) is 3.40. The summed E-state index contributed by atoms with van der Waals surface area (Å²) < 4.78 is 11.4. The van der Waals surface area contributed by atoms with Gasteiger partial charge in [0, 0.05) is 6.61 Å². The molecule has 1 saturated heterocycles. The summed E-state index contributed by atoms with van der Waals surface area (Å²) in [6, 6.07) is 0. The van der Waals surface area contributed by atoms with Gasteiger partial charge < -0.3 is 15.2 Å². The van der Waals surface area contributed by atoms with E-state index in [0.717, 1.165) is 26.2 Å². The Kier molecular flexibility index (Phi) is 3.79. The Balaban J connectivity index is 1.81. The Hall–Kier alpha value is -0.120. The van der Waals surface area contributed by atoms with Crippen molar-refractivity contribution in [3.8, 4) is 0 Å². The molecule has 2 N–H and O–H groups in total. The molecule has 1 aliphatic carbocycles. The van der Waals surface area contributed by atoms with E-state index in [1.807, 2.05) is 0 Å². The van der Waals surface area contributed by atoms with E-state index in [-0.39, 0.29) is 0 Å². The van der Waals surface area contributed by atoms with Gasteiger partial charge in [-0.05, 0) is 31.7 Å². The van der Waals surface area contributed by atoms with E-state index in [4.69, 9.17) is 15.2 Å². The molecule has 3 heteroatoms. The van der Waals surface area contributed by atoms with E-state index < -0.39 is 0 Å². The first-order valence-corrected chi connectivity index (χ1v) is 5.83. The Morgan fingerprint density at radius 3 is 2.79 bits per heavy atom. The smallest absolute Gasteiger partial charge is 0.0834 e. The third kappa shape index (κ3) is 2.47. The molecule has 2 aliphatic rings. The van der Waals surface area contributed by atoms with Crippen LogP contribution >= 0.6 is 0 Å². The minimum atomic E-state index is 0.340. The molecular formula is C11H21NO2. The number of hydrogen-bond acceptors (Lipinski definition) is 3. The first-order chi connectivity index (χ1) is 6.90. The van der Waals surface area contributed by atoms with E-state index in [9.17, 15) is 0 Å². The summed E-state index contributed by atoms with van der Waals surface area (Å²) in [5, 5.41) is 0. The van der Waals surface area contributed by atoms with Gasteiger partial charge in [0.2, 0.25) is 0 Å². The first-order valence-electron chi connectivity index (χ1n) is 5.83. The van der Waals surface area contributed by atoms with Gasteiger partial charge in [0.1, 0.15) is 0 Å². The fourth-order valence-corrected chi connectivity index (χ4v) is 2.49. The van der Waals surface area contributed by atoms with Crippen LogP contribution in [0, 0.1) is 5.92 Å². The molecule has 1 saturated carbocycles. The summed E-state index contributed by atoms with van der Waals surface area (Å²) in [5.41, 5.74) is 5.76. The summed E-state index contributed by atoms with van der Waals surface area (Å²) >= 11 is 0. The Labute approximate surface area is 85.9 Å². The highest BCUT2D eigenvalue weighted by Gasteiger charge is 2.28. The first kappa shape index (κ1) is 10.4. The highest BCUT2D eigenvalue weighted by atomic mass is 16.5. The molecule has 0 aromatic rings. The van der Waals surface area contributed by atoms with Crippen LogP contribution in [0.5, 0.6) is 0 Å². The number of hydrogen-bond donors (Lipinski definition) is 1. The van der Waals surface area contributed by atoms with E-state index >= 15 is 0 Å². The lowest BCUT2D eigenvalue weighted by atomic mass is 9.86. The van der Waals surface area contributed by atoms with Gasteiger partial charge in [-0.2, -0.15) is 0 Å².